The highest BCUT2D eigenvalue weighted by Crippen LogP contribution is 2.31. The maximum absolute atomic E-state index is 13.1. The number of hydrogen-bond acceptors (Lipinski definition) is 2. The average molecular weight is 212 g/mol. The molecule has 0 saturated carbocycles. The van der Waals surface area contributed by atoms with Crippen molar-refractivity contribution in [3.63, 3.8) is 0 Å². The van der Waals surface area contributed by atoms with Gasteiger partial charge in [0.15, 0.2) is 16.7 Å². The summed E-state index contributed by atoms with van der Waals surface area (Å²) in [6, 6.07) is 0. The molecule has 1 heterocycles. The molecule has 0 aliphatic carbocycles. The molecule has 0 bridgehead atoms. The summed E-state index contributed by atoms with van der Waals surface area (Å²) in [5, 5.41) is -0.274. The molecule has 0 N–H and O–H groups in total. The van der Waals surface area contributed by atoms with E-state index in [1.54, 1.807) is 0 Å². The molecule has 6 heteroatoms. The Morgan fingerprint density at radius 1 is 1.54 bits per heavy atom. The smallest absolute Gasteiger partial charge is 0.268 e. The zero-order valence-electron chi connectivity index (χ0n) is 6.52. The molecule has 0 unspecified atom stereocenters. The molecule has 0 spiro atoms. The van der Waals surface area contributed by atoms with E-state index in [4.69, 9.17) is 11.6 Å². The van der Waals surface area contributed by atoms with E-state index < -0.39 is 23.6 Å². The summed E-state index contributed by atoms with van der Waals surface area (Å²) in [7, 11) is 1.13. The molecule has 0 aromatic carbocycles. The third-order valence-electron chi connectivity index (χ3n) is 1.40. The van der Waals surface area contributed by atoms with Gasteiger partial charge in [-0.1, -0.05) is 11.6 Å². The fourth-order valence-electron chi connectivity index (χ4n) is 0.789. The fraction of sp³-hybridized carbons (Fsp3) is 0.286. The summed E-state index contributed by atoms with van der Waals surface area (Å²) in [6.07, 6.45) is -2.25. The minimum Gasteiger partial charge on any atom is -0.491 e. The predicted octanol–water partition coefficient (Wildman–Crippen LogP) is 2.82. The molecule has 0 amide bonds. The number of halogens is 4. The van der Waals surface area contributed by atoms with Gasteiger partial charge in [-0.25, -0.2) is 18.2 Å². The highest BCUT2D eigenvalue weighted by Gasteiger charge is 2.20. The predicted molar refractivity (Wildman–Crippen MR) is 40.7 cm³/mol. The summed E-state index contributed by atoms with van der Waals surface area (Å²) < 4.78 is 41.7. The van der Waals surface area contributed by atoms with Gasteiger partial charge in [-0.2, -0.15) is 0 Å². The number of pyridine rings is 1. The maximum Gasteiger partial charge on any atom is 0.268 e. The Hall–Kier alpha value is -0.970. The van der Waals surface area contributed by atoms with Crippen LogP contribution in [0.1, 0.15) is 12.0 Å². The summed E-state index contributed by atoms with van der Waals surface area (Å²) >= 11 is 5.39. The summed E-state index contributed by atoms with van der Waals surface area (Å²) in [5.41, 5.74) is -0.818. The zero-order chi connectivity index (χ0) is 10.0. The first-order valence-electron chi connectivity index (χ1n) is 3.24. The number of aromatic nitrogens is 1. The van der Waals surface area contributed by atoms with Crippen LogP contribution in [-0.4, -0.2) is 12.1 Å². The van der Waals surface area contributed by atoms with Crippen molar-refractivity contribution in [1.82, 2.24) is 4.98 Å². The van der Waals surface area contributed by atoms with Crippen molar-refractivity contribution < 1.29 is 17.9 Å². The lowest BCUT2D eigenvalue weighted by Gasteiger charge is -2.06. The largest absolute Gasteiger partial charge is 0.491 e. The van der Waals surface area contributed by atoms with Gasteiger partial charge in [-0.15, -0.1) is 0 Å². The van der Waals surface area contributed by atoms with E-state index in [1.165, 1.54) is 0 Å². The van der Waals surface area contributed by atoms with E-state index in [0.29, 0.717) is 6.20 Å². The SMILES string of the molecule is COc1c(Cl)ncc(C(F)F)c1F. The van der Waals surface area contributed by atoms with Crippen molar-refractivity contribution in [1.29, 1.82) is 0 Å². The molecule has 72 valence electrons. The summed E-state index contributed by atoms with van der Waals surface area (Å²) in [4.78, 5) is 3.35. The molecular formula is C7H5ClF3NO. The maximum atomic E-state index is 13.1. The van der Waals surface area contributed by atoms with Gasteiger partial charge in [-0.3, -0.25) is 0 Å². The molecule has 1 aromatic rings. The molecule has 0 aliphatic rings. The minimum atomic E-state index is -2.93. The second kappa shape index (κ2) is 3.83. The lowest BCUT2D eigenvalue weighted by Crippen LogP contribution is -1.98. The van der Waals surface area contributed by atoms with Crippen LogP contribution in [-0.2, 0) is 0 Å². The van der Waals surface area contributed by atoms with Crippen LogP contribution in [0.25, 0.3) is 0 Å². The molecule has 13 heavy (non-hydrogen) atoms. The second-order valence-corrected chi connectivity index (χ2v) is 2.51. The standard InChI is InChI=1S/C7H5ClF3NO/c1-13-5-4(9)3(7(10)11)2-12-6(5)8/h2,7H,1H3. The van der Waals surface area contributed by atoms with Crippen LogP contribution in [0.4, 0.5) is 13.2 Å². The van der Waals surface area contributed by atoms with Crippen molar-refractivity contribution in [2.45, 2.75) is 6.43 Å². The molecular weight excluding hydrogens is 207 g/mol. The number of alkyl halides is 2. The van der Waals surface area contributed by atoms with Crippen LogP contribution in [0.2, 0.25) is 5.15 Å². The first-order chi connectivity index (χ1) is 6.07. The average Bonchev–Trinajstić information content (AvgIpc) is 2.04. The monoisotopic (exact) mass is 211 g/mol. The van der Waals surface area contributed by atoms with Crippen molar-refractivity contribution in [3.8, 4) is 5.75 Å². The van der Waals surface area contributed by atoms with Gasteiger partial charge in [0.1, 0.15) is 0 Å². The lowest BCUT2D eigenvalue weighted by molar-refractivity contribution is 0.144. The number of hydrogen-bond donors (Lipinski definition) is 0. The molecule has 0 atom stereocenters. The van der Waals surface area contributed by atoms with Crippen molar-refractivity contribution in [3.05, 3.63) is 22.7 Å². The quantitative estimate of drug-likeness (QED) is 0.702. The Morgan fingerprint density at radius 2 is 2.15 bits per heavy atom. The minimum absolute atomic E-state index is 0.274. The topological polar surface area (TPSA) is 22.1 Å². The third-order valence-corrected chi connectivity index (χ3v) is 1.67. The van der Waals surface area contributed by atoms with E-state index in [9.17, 15) is 13.2 Å². The van der Waals surface area contributed by atoms with Crippen LogP contribution in [0.3, 0.4) is 0 Å². The molecule has 1 rings (SSSR count). The Kier molecular flexibility index (Phi) is 2.98. The molecule has 0 fully saturated rings. The van der Waals surface area contributed by atoms with Gasteiger partial charge in [-0.05, 0) is 0 Å². The van der Waals surface area contributed by atoms with E-state index in [2.05, 4.69) is 9.72 Å². The van der Waals surface area contributed by atoms with Crippen molar-refractivity contribution >= 4 is 11.6 Å². The number of nitrogens with zero attached hydrogens (tertiary/aromatic N) is 1. The lowest BCUT2D eigenvalue weighted by atomic mass is 10.2. The van der Waals surface area contributed by atoms with E-state index >= 15 is 0 Å². The summed E-state index contributed by atoms with van der Waals surface area (Å²) in [6.45, 7) is 0. The second-order valence-electron chi connectivity index (χ2n) is 2.15. The normalized spacial score (nSPS) is 10.6. The van der Waals surface area contributed by atoms with Gasteiger partial charge in [0, 0.05) is 6.20 Å². The zero-order valence-corrected chi connectivity index (χ0v) is 7.28. The van der Waals surface area contributed by atoms with Crippen LogP contribution < -0.4 is 4.74 Å². The number of rotatable bonds is 2. The Morgan fingerprint density at radius 3 is 2.62 bits per heavy atom. The molecule has 0 radical (unpaired) electrons. The van der Waals surface area contributed by atoms with Crippen molar-refractivity contribution in [2.75, 3.05) is 7.11 Å². The van der Waals surface area contributed by atoms with Crippen LogP contribution in [0.5, 0.6) is 5.75 Å². The first-order valence-corrected chi connectivity index (χ1v) is 3.61. The third kappa shape index (κ3) is 1.85. The Balaban J connectivity index is 3.27. The fourth-order valence-corrected chi connectivity index (χ4v) is 0.998. The highest BCUT2D eigenvalue weighted by molar-refractivity contribution is 6.30. The Labute approximate surface area is 77.3 Å². The van der Waals surface area contributed by atoms with Crippen LogP contribution in [0, 0.1) is 5.82 Å². The number of ether oxygens (including phenoxy) is 1. The highest BCUT2D eigenvalue weighted by atomic mass is 35.5. The molecule has 0 aliphatic heterocycles. The Bertz CT molecular complexity index is 319. The van der Waals surface area contributed by atoms with Gasteiger partial charge in [0.25, 0.3) is 6.43 Å². The first kappa shape index (κ1) is 10.1. The van der Waals surface area contributed by atoms with E-state index in [-0.39, 0.29) is 5.15 Å². The van der Waals surface area contributed by atoms with Gasteiger partial charge in [0.05, 0.1) is 12.7 Å². The molecule has 2 nitrogen and oxygen atoms in total. The van der Waals surface area contributed by atoms with E-state index in [0.717, 1.165) is 7.11 Å². The van der Waals surface area contributed by atoms with Gasteiger partial charge < -0.3 is 4.74 Å². The molecule has 0 saturated heterocycles. The summed E-state index contributed by atoms with van der Waals surface area (Å²) in [5.74, 6) is -1.63. The van der Waals surface area contributed by atoms with E-state index in [1.807, 2.05) is 0 Å². The van der Waals surface area contributed by atoms with Crippen LogP contribution >= 0.6 is 11.6 Å². The number of methoxy groups -OCH3 is 1. The molecule has 1 aromatic heterocycles. The van der Waals surface area contributed by atoms with Crippen LogP contribution in [0.15, 0.2) is 6.20 Å². The van der Waals surface area contributed by atoms with Gasteiger partial charge >= 0.3 is 0 Å². The van der Waals surface area contributed by atoms with Gasteiger partial charge in [0.2, 0.25) is 0 Å². The van der Waals surface area contributed by atoms with Crippen molar-refractivity contribution in [2.24, 2.45) is 0 Å².